The summed E-state index contributed by atoms with van der Waals surface area (Å²) in [5.74, 6) is -0.228. The van der Waals surface area contributed by atoms with Gasteiger partial charge in [-0.25, -0.2) is 0 Å². The van der Waals surface area contributed by atoms with Gasteiger partial charge in [0, 0.05) is 34.0 Å². The molecule has 0 fully saturated rings. The molecule has 2 amide bonds. The minimum atomic E-state index is -0.201. The summed E-state index contributed by atoms with van der Waals surface area (Å²) in [6, 6.07) is 22.8. The number of para-hydroxylation sites is 1. The quantitative estimate of drug-likeness (QED) is 0.505. The van der Waals surface area contributed by atoms with E-state index < -0.39 is 0 Å². The summed E-state index contributed by atoms with van der Waals surface area (Å²) in [6.45, 7) is 0.681. The zero-order valence-corrected chi connectivity index (χ0v) is 19.8. The molecule has 3 aromatic rings. The fourth-order valence-electron chi connectivity index (χ4n) is 4.18. The van der Waals surface area contributed by atoms with Gasteiger partial charge >= 0.3 is 0 Å². The van der Waals surface area contributed by atoms with E-state index in [2.05, 4.69) is 46.3 Å². The molecule has 0 radical (unpaired) electrons. The van der Waals surface area contributed by atoms with Crippen molar-refractivity contribution in [2.75, 3.05) is 30.9 Å². The maximum atomic E-state index is 13.4. The lowest BCUT2D eigenvalue weighted by molar-refractivity contribution is 0.0985. The number of carbonyl (C=O) groups excluding carboxylic acids is 2. The van der Waals surface area contributed by atoms with Crippen LogP contribution in [0.15, 0.2) is 77.3 Å². The van der Waals surface area contributed by atoms with Gasteiger partial charge in [0.1, 0.15) is 0 Å². The monoisotopic (exact) mass is 491 g/mol. The second-order valence-electron chi connectivity index (χ2n) is 8.15. The normalized spacial score (nSPS) is 15.8. The highest BCUT2D eigenvalue weighted by molar-refractivity contribution is 9.10. The number of halogens is 1. The smallest absolute Gasteiger partial charge is 0.258 e. The first-order chi connectivity index (χ1) is 15.5. The molecule has 6 heteroatoms. The van der Waals surface area contributed by atoms with Gasteiger partial charge < -0.3 is 15.1 Å². The molecule has 1 aliphatic rings. The number of nitrogens with one attached hydrogen (secondary N) is 1. The molecule has 164 valence electrons. The molecule has 0 saturated carbocycles. The zero-order valence-electron chi connectivity index (χ0n) is 18.2. The van der Waals surface area contributed by atoms with Gasteiger partial charge in [-0.2, -0.15) is 0 Å². The molecule has 3 aromatic carbocycles. The number of nitrogens with zero attached hydrogens (tertiary/aromatic N) is 2. The number of anilines is 2. The molecule has 0 aromatic heterocycles. The third-order valence-electron chi connectivity index (χ3n) is 5.82. The Morgan fingerprint density at radius 2 is 1.66 bits per heavy atom. The molecule has 0 saturated heterocycles. The van der Waals surface area contributed by atoms with Gasteiger partial charge in [-0.3, -0.25) is 9.59 Å². The molecule has 1 heterocycles. The highest BCUT2D eigenvalue weighted by Gasteiger charge is 2.27. The topological polar surface area (TPSA) is 52.6 Å². The van der Waals surface area contributed by atoms with E-state index in [1.807, 2.05) is 41.3 Å². The number of rotatable bonds is 4. The fraction of sp³-hybridized carbons (Fsp3) is 0.231. The Hall–Kier alpha value is -2.96. The highest BCUT2D eigenvalue weighted by Crippen LogP contribution is 2.36. The first kappa shape index (κ1) is 22.2. The van der Waals surface area contributed by atoms with Crippen LogP contribution in [0.25, 0.3) is 0 Å². The number of hydrogen-bond donors (Lipinski definition) is 1. The lowest BCUT2D eigenvalue weighted by atomic mass is 10.0. The molecular formula is C26H26BrN3O2. The Bertz CT molecular complexity index is 1130. The second kappa shape index (κ2) is 9.67. The van der Waals surface area contributed by atoms with Gasteiger partial charge in [-0.15, -0.1) is 0 Å². The summed E-state index contributed by atoms with van der Waals surface area (Å²) in [7, 11) is 4.17. The molecule has 0 aliphatic carbocycles. The van der Waals surface area contributed by atoms with E-state index in [0.717, 1.165) is 23.0 Å². The first-order valence-corrected chi connectivity index (χ1v) is 11.5. The van der Waals surface area contributed by atoms with Crippen molar-refractivity contribution in [3.05, 3.63) is 94.0 Å². The Balaban J connectivity index is 1.54. The number of fused-ring (bicyclic) bond motifs is 1. The molecule has 4 rings (SSSR count). The van der Waals surface area contributed by atoms with E-state index in [0.29, 0.717) is 29.4 Å². The van der Waals surface area contributed by atoms with Crippen molar-refractivity contribution in [2.24, 2.45) is 0 Å². The summed E-state index contributed by atoms with van der Waals surface area (Å²) in [5.41, 5.74) is 3.96. The van der Waals surface area contributed by atoms with E-state index >= 15 is 0 Å². The van der Waals surface area contributed by atoms with E-state index in [-0.39, 0.29) is 11.8 Å². The van der Waals surface area contributed by atoms with E-state index in [1.165, 1.54) is 5.56 Å². The zero-order chi connectivity index (χ0) is 22.7. The van der Waals surface area contributed by atoms with Gasteiger partial charge in [-0.1, -0.05) is 30.3 Å². The predicted molar refractivity (Wildman–Crippen MR) is 132 cm³/mol. The van der Waals surface area contributed by atoms with Gasteiger partial charge in [0.2, 0.25) is 0 Å². The van der Waals surface area contributed by atoms with E-state index in [4.69, 9.17) is 0 Å². The average Bonchev–Trinajstić information content (AvgIpc) is 2.99. The summed E-state index contributed by atoms with van der Waals surface area (Å²) >= 11 is 3.40. The maximum absolute atomic E-state index is 13.4. The maximum Gasteiger partial charge on any atom is 0.258 e. The molecule has 1 aliphatic heterocycles. The summed E-state index contributed by atoms with van der Waals surface area (Å²) < 4.78 is 0.736. The Morgan fingerprint density at radius 3 is 2.38 bits per heavy atom. The van der Waals surface area contributed by atoms with Gasteiger partial charge in [0.15, 0.2) is 0 Å². The molecule has 0 bridgehead atoms. The second-order valence-corrected chi connectivity index (χ2v) is 9.00. The van der Waals surface area contributed by atoms with Crippen LogP contribution in [0.3, 0.4) is 0 Å². The highest BCUT2D eigenvalue weighted by atomic mass is 79.9. The Kier molecular flexibility index (Phi) is 6.72. The van der Waals surface area contributed by atoms with Crippen molar-refractivity contribution in [2.45, 2.75) is 18.9 Å². The molecule has 5 nitrogen and oxygen atoms in total. The lowest BCUT2D eigenvalue weighted by Crippen LogP contribution is -2.31. The summed E-state index contributed by atoms with van der Waals surface area (Å²) in [5, 5.41) is 2.89. The van der Waals surface area contributed by atoms with Gasteiger partial charge in [-0.05, 0) is 90.9 Å². The largest absolute Gasteiger partial charge is 0.322 e. The van der Waals surface area contributed by atoms with Crippen molar-refractivity contribution in [1.29, 1.82) is 0 Å². The lowest BCUT2D eigenvalue weighted by Gasteiger charge is -2.27. The van der Waals surface area contributed by atoms with Crippen LogP contribution in [-0.2, 0) is 0 Å². The van der Waals surface area contributed by atoms with Crippen LogP contribution in [0.4, 0.5) is 11.4 Å². The van der Waals surface area contributed by atoms with Crippen LogP contribution in [0.2, 0.25) is 0 Å². The van der Waals surface area contributed by atoms with Crippen LogP contribution in [-0.4, -0.2) is 37.4 Å². The fourth-order valence-corrected chi connectivity index (χ4v) is 4.64. The van der Waals surface area contributed by atoms with Crippen LogP contribution in [0.1, 0.15) is 45.2 Å². The van der Waals surface area contributed by atoms with Crippen LogP contribution < -0.4 is 10.2 Å². The number of carbonyl (C=O) groups is 2. The summed E-state index contributed by atoms with van der Waals surface area (Å²) in [6.07, 6.45) is 1.94. The van der Waals surface area contributed by atoms with Crippen LogP contribution in [0.5, 0.6) is 0 Å². The predicted octanol–water partition coefficient (Wildman–Crippen LogP) is 5.74. The van der Waals surface area contributed by atoms with Crippen molar-refractivity contribution in [1.82, 2.24) is 4.90 Å². The molecule has 0 spiro atoms. The molecule has 1 unspecified atom stereocenters. The Morgan fingerprint density at radius 1 is 0.969 bits per heavy atom. The van der Waals surface area contributed by atoms with Crippen LogP contribution >= 0.6 is 15.9 Å². The number of amides is 2. The minimum Gasteiger partial charge on any atom is -0.322 e. The number of benzene rings is 3. The molecule has 1 atom stereocenters. The molecule has 1 N–H and O–H groups in total. The van der Waals surface area contributed by atoms with Crippen molar-refractivity contribution in [3.63, 3.8) is 0 Å². The van der Waals surface area contributed by atoms with Crippen molar-refractivity contribution in [3.8, 4) is 0 Å². The van der Waals surface area contributed by atoms with E-state index in [9.17, 15) is 9.59 Å². The van der Waals surface area contributed by atoms with Crippen molar-refractivity contribution >= 4 is 39.1 Å². The standard InChI is InChI=1S/C26H26BrN3O2/c1-29(2)23-12-7-17-30(24-11-6-4-9-21(23)24)26(32)18-13-15-19(16-14-18)28-25(31)20-8-3-5-10-22(20)27/h3-6,8-11,13-16,23H,7,12,17H2,1-2H3,(H,28,31). The van der Waals surface area contributed by atoms with E-state index in [1.54, 1.807) is 30.3 Å². The van der Waals surface area contributed by atoms with Crippen molar-refractivity contribution < 1.29 is 9.59 Å². The SMILES string of the molecule is CN(C)C1CCCN(C(=O)c2ccc(NC(=O)c3ccccc3Br)cc2)c2ccccc21. The molecule has 32 heavy (non-hydrogen) atoms. The third kappa shape index (κ3) is 4.61. The average molecular weight is 492 g/mol. The Labute approximate surface area is 197 Å². The van der Waals surface area contributed by atoms with Crippen LogP contribution in [0, 0.1) is 0 Å². The summed E-state index contributed by atoms with van der Waals surface area (Å²) in [4.78, 5) is 30.1. The molecular weight excluding hydrogens is 466 g/mol. The van der Waals surface area contributed by atoms with Gasteiger partial charge in [0.25, 0.3) is 11.8 Å². The minimum absolute atomic E-state index is 0.0273. The number of hydrogen-bond acceptors (Lipinski definition) is 3. The third-order valence-corrected chi connectivity index (χ3v) is 6.51. The first-order valence-electron chi connectivity index (χ1n) is 10.7. The van der Waals surface area contributed by atoms with Gasteiger partial charge in [0.05, 0.1) is 5.56 Å².